The number of aliphatic carboxylic acids is 1. The number of hydrogen-bond donors (Lipinski definition) is 3. The fraction of sp³-hybridized carbons (Fsp3) is 0.909. The van der Waals surface area contributed by atoms with Crippen molar-refractivity contribution in [1.82, 2.24) is 5.32 Å². The summed E-state index contributed by atoms with van der Waals surface area (Å²) in [6, 6.07) is -0.440. The molecule has 0 aliphatic heterocycles. The molecule has 0 spiro atoms. The second-order valence-corrected chi connectivity index (χ2v) is 4.34. The van der Waals surface area contributed by atoms with Crippen LogP contribution in [0.5, 0.6) is 0 Å². The number of aliphatic hydroxyl groups is 1. The van der Waals surface area contributed by atoms with Crippen LogP contribution in [0, 0.1) is 11.8 Å². The summed E-state index contributed by atoms with van der Waals surface area (Å²) in [6.45, 7) is 2.82. The van der Waals surface area contributed by atoms with Crippen LogP contribution >= 0.6 is 0 Å². The van der Waals surface area contributed by atoms with Crippen molar-refractivity contribution in [2.24, 2.45) is 11.8 Å². The van der Waals surface area contributed by atoms with Crippen molar-refractivity contribution in [3.63, 3.8) is 0 Å². The molecule has 0 amide bonds. The van der Waals surface area contributed by atoms with Crippen LogP contribution in [0.15, 0.2) is 0 Å². The van der Waals surface area contributed by atoms with Gasteiger partial charge in [0.1, 0.15) is 6.04 Å². The molecule has 0 aromatic heterocycles. The number of nitrogens with one attached hydrogen (secondary N) is 1. The van der Waals surface area contributed by atoms with Gasteiger partial charge in [0.2, 0.25) is 0 Å². The highest BCUT2D eigenvalue weighted by molar-refractivity contribution is 5.73. The van der Waals surface area contributed by atoms with Crippen LogP contribution in [-0.4, -0.2) is 35.4 Å². The molecule has 0 heterocycles. The number of hydrogen-bond acceptors (Lipinski definition) is 3. The Balaban J connectivity index is 2.32. The van der Waals surface area contributed by atoms with E-state index in [2.05, 4.69) is 5.32 Å². The van der Waals surface area contributed by atoms with Crippen LogP contribution in [0.25, 0.3) is 0 Å². The maximum Gasteiger partial charge on any atom is 0.320 e. The maximum absolute atomic E-state index is 10.8. The average molecular weight is 215 g/mol. The molecular weight excluding hydrogens is 194 g/mol. The van der Waals surface area contributed by atoms with Crippen LogP contribution in [0.2, 0.25) is 0 Å². The highest BCUT2D eigenvalue weighted by atomic mass is 16.4. The second-order valence-electron chi connectivity index (χ2n) is 4.34. The fourth-order valence-corrected chi connectivity index (χ4v) is 2.32. The standard InChI is InChI=1S/C11H21NO3/c1-2-10(11(14)15)12-6-8-4-3-5-9(8)7-13/h8-10,12-13H,2-7H2,1H3,(H,14,15). The van der Waals surface area contributed by atoms with E-state index in [1.165, 1.54) is 0 Å². The number of aliphatic hydroxyl groups excluding tert-OH is 1. The molecule has 3 atom stereocenters. The smallest absolute Gasteiger partial charge is 0.320 e. The van der Waals surface area contributed by atoms with Crippen molar-refractivity contribution in [3.8, 4) is 0 Å². The first kappa shape index (κ1) is 12.5. The molecule has 0 radical (unpaired) electrons. The highest BCUT2D eigenvalue weighted by Gasteiger charge is 2.27. The first-order chi connectivity index (χ1) is 7.19. The number of carboxylic acids is 1. The SMILES string of the molecule is CCC(NCC1CCCC1CO)C(=O)O. The van der Waals surface area contributed by atoms with Gasteiger partial charge in [0, 0.05) is 6.61 Å². The molecule has 0 aromatic carbocycles. The number of carboxylic acid groups (broad SMARTS) is 1. The quantitative estimate of drug-likeness (QED) is 0.614. The van der Waals surface area contributed by atoms with Crippen molar-refractivity contribution >= 4 is 5.97 Å². The molecule has 0 saturated heterocycles. The molecular formula is C11H21NO3. The van der Waals surface area contributed by atoms with Gasteiger partial charge < -0.3 is 15.5 Å². The Morgan fingerprint density at radius 2 is 2.13 bits per heavy atom. The van der Waals surface area contributed by atoms with Gasteiger partial charge in [0.05, 0.1) is 0 Å². The summed E-state index contributed by atoms with van der Waals surface area (Å²) in [6.07, 6.45) is 3.94. The fourth-order valence-electron chi connectivity index (χ4n) is 2.32. The third-order valence-electron chi connectivity index (χ3n) is 3.38. The van der Waals surface area contributed by atoms with Gasteiger partial charge in [-0.25, -0.2) is 0 Å². The lowest BCUT2D eigenvalue weighted by molar-refractivity contribution is -0.139. The van der Waals surface area contributed by atoms with Gasteiger partial charge in [-0.1, -0.05) is 13.3 Å². The molecule has 1 fully saturated rings. The molecule has 1 rings (SSSR count). The minimum absolute atomic E-state index is 0.232. The Bertz CT molecular complexity index is 208. The Kier molecular flexibility index (Phi) is 5.05. The molecule has 15 heavy (non-hydrogen) atoms. The molecule has 3 unspecified atom stereocenters. The van der Waals surface area contributed by atoms with Gasteiger partial charge in [-0.3, -0.25) is 4.79 Å². The van der Waals surface area contributed by atoms with Crippen LogP contribution in [0.1, 0.15) is 32.6 Å². The molecule has 88 valence electrons. The van der Waals surface area contributed by atoms with Crippen LogP contribution in [0.3, 0.4) is 0 Å². The van der Waals surface area contributed by atoms with E-state index >= 15 is 0 Å². The van der Waals surface area contributed by atoms with Crippen LogP contribution in [-0.2, 0) is 4.79 Å². The van der Waals surface area contributed by atoms with Crippen molar-refractivity contribution in [2.75, 3.05) is 13.2 Å². The van der Waals surface area contributed by atoms with E-state index in [9.17, 15) is 4.79 Å². The molecule has 4 nitrogen and oxygen atoms in total. The van der Waals surface area contributed by atoms with E-state index in [1.54, 1.807) is 0 Å². The zero-order valence-corrected chi connectivity index (χ0v) is 9.28. The summed E-state index contributed by atoms with van der Waals surface area (Å²) in [5.41, 5.74) is 0. The average Bonchev–Trinajstić information content (AvgIpc) is 2.65. The van der Waals surface area contributed by atoms with Crippen molar-refractivity contribution < 1.29 is 15.0 Å². The van der Waals surface area contributed by atoms with Gasteiger partial charge in [0.25, 0.3) is 0 Å². The Hall–Kier alpha value is -0.610. The molecule has 1 saturated carbocycles. The summed E-state index contributed by atoms with van der Waals surface area (Å²) in [5.74, 6) is 0.0308. The van der Waals surface area contributed by atoms with Gasteiger partial charge in [-0.2, -0.15) is 0 Å². The first-order valence-electron chi connectivity index (χ1n) is 5.76. The monoisotopic (exact) mass is 215 g/mol. The lowest BCUT2D eigenvalue weighted by atomic mass is 9.96. The summed E-state index contributed by atoms with van der Waals surface area (Å²) in [5, 5.41) is 21.0. The van der Waals surface area contributed by atoms with E-state index < -0.39 is 12.0 Å². The molecule has 3 N–H and O–H groups in total. The van der Waals surface area contributed by atoms with E-state index in [-0.39, 0.29) is 6.61 Å². The van der Waals surface area contributed by atoms with E-state index in [0.29, 0.717) is 18.3 Å². The number of rotatable bonds is 6. The zero-order chi connectivity index (χ0) is 11.3. The maximum atomic E-state index is 10.8. The zero-order valence-electron chi connectivity index (χ0n) is 9.28. The van der Waals surface area contributed by atoms with Gasteiger partial charge in [-0.15, -0.1) is 0 Å². The molecule has 0 bridgehead atoms. The minimum atomic E-state index is -0.781. The Morgan fingerprint density at radius 3 is 2.67 bits per heavy atom. The largest absolute Gasteiger partial charge is 0.480 e. The van der Waals surface area contributed by atoms with E-state index in [1.807, 2.05) is 6.92 Å². The van der Waals surface area contributed by atoms with Crippen molar-refractivity contribution in [3.05, 3.63) is 0 Å². The highest BCUT2D eigenvalue weighted by Crippen LogP contribution is 2.30. The predicted molar refractivity (Wildman–Crippen MR) is 57.6 cm³/mol. The minimum Gasteiger partial charge on any atom is -0.480 e. The number of carbonyl (C=O) groups is 1. The molecule has 0 aromatic rings. The van der Waals surface area contributed by atoms with Crippen LogP contribution in [0.4, 0.5) is 0 Å². The van der Waals surface area contributed by atoms with Gasteiger partial charge in [0.15, 0.2) is 0 Å². The summed E-state index contributed by atoms with van der Waals surface area (Å²) < 4.78 is 0. The Morgan fingerprint density at radius 1 is 1.47 bits per heavy atom. The summed E-state index contributed by atoms with van der Waals surface area (Å²) >= 11 is 0. The molecule has 1 aliphatic carbocycles. The lowest BCUT2D eigenvalue weighted by Gasteiger charge is -2.20. The second kappa shape index (κ2) is 6.08. The van der Waals surface area contributed by atoms with Gasteiger partial charge >= 0.3 is 5.97 Å². The third kappa shape index (κ3) is 3.47. The molecule has 1 aliphatic rings. The summed E-state index contributed by atoms with van der Waals surface area (Å²) in [7, 11) is 0. The normalized spacial score (nSPS) is 27.9. The van der Waals surface area contributed by atoms with E-state index in [0.717, 1.165) is 25.8 Å². The first-order valence-corrected chi connectivity index (χ1v) is 5.76. The van der Waals surface area contributed by atoms with Gasteiger partial charge in [-0.05, 0) is 37.6 Å². The predicted octanol–water partition coefficient (Wildman–Crippen LogP) is 0.848. The lowest BCUT2D eigenvalue weighted by Crippen LogP contribution is -2.39. The summed E-state index contributed by atoms with van der Waals surface area (Å²) in [4.78, 5) is 10.8. The van der Waals surface area contributed by atoms with Crippen molar-refractivity contribution in [1.29, 1.82) is 0 Å². The van der Waals surface area contributed by atoms with E-state index in [4.69, 9.17) is 10.2 Å². The Labute approximate surface area is 90.7 Å². The topological polar surface area (TPSA) is 69.6 Å². The van der Waals surface area contributed by atoms with Crippen LogP contribution < -0.4 is 5.32 Å². The third-order valence-corrected chi connectivity index (χ3v) is 3.38. The molecule has 4 heteroatoms. The van der Waals surface area contributed by atoms with Crippen molar-refractivity contribution in [2.45, 2.75) is 38.6 Å².